The van der Waals surface area contributed by atoms with E-state index in [1.54, 1.807) is 18.3 Å². The molecule has 1 aromatic carbocycles. The van der Waals surface area contributed by atoms with E-state index < -0.39 is 5.97 Å². The number of nitrogens with one attached hydrogen (secondary N) is 1. The van der Waals surface area contributed by atoms with Crippen LogP contribution in [-0.4, -0.2) is 18.1 Å². The summed E-state index contributed by atoms with van der Waals surface area (Å²) in [5, 5.41) is 0.789. The van der Waals surface area contributed by atoms with Gasteiger partial charge in [0.25, 0.3) is 0 Å². The first kappa shape index (κ1) is 8.62. The van der Waals surface area contributed by atoms with Crippen LogP contribution < -0.4 is 5.73 Å². The zero-order valence-corrected chi connectivity index (χ0v) is 7.70. The van der Waals surface area contributed by atoms with Gasteiger partial charge in [-0.1, -0.05) is 0 Å². The van der Waals surface area contributed by atoms with Gasteiger partial charge in [0.15, 0.2) is 0 Å². The van der Waals surface area contributed by atoms with Crippen LogP contribution in [0.4, 0.5) is 5.69 Å². The van der Waals surface area contributed by atoms with Gasteiger partial charge in [-0.3, -0.25) is 0 Å². The predicted octanol–water partition coefficient (Wildman–Crippen LogP) is 1.54. The van der Waals surface area contributed by atoms with Crippen LogP contribution in [0, 0.1) is 0 Å². The molecule has 4 heteroatoms. The summed E-state index contributed by atoms with van der Waals surface area (Å²) in [6.45, 7) is 0. The van der Waals surface area contributed by atoms with E-state index in [9.17, 15) is 4.79 Å². The van der Waals surface area contributed by atoms with Crippen molar-refractivity contribution in [2.45, 2.75) is 0 Å². The number of hydrogen-bond acceptors (Lipinski definition) is 3. The Balaban J connectivity index is 2.76. The molecule has 3 N–H and O–H groups in total. The van der Waals surface area contributed by atoms with Crippen molar-refractivity contribution in [3.05, 3.63) is 30.0 Å². The Kier molecular flexibility index (Phi) is 1.89. The Bertz CT molecular complexity index is 488. The number of ether oxygens (including phenoxy) is 1. The third-order valence-corrected chi connectivity index (χ3v) is 2.16. The number of nitrogens with two attached hydrogens (primary N) is 1. The van der Waals surface area contributed by atoms with E-state index in [-0.39, 0.29) is 0 Å². The van der Waals surface area contributed by atoms with E-state index in [2.05, 4.69) is 9.72 Å². The highest BCUT2D eigenvalue weighted by Gasteiger charge is 2.14. The van der Waals surface area contributed by atoms with Crippen molar-refractivity contribution < 1.29 is 9.53 Å². The van der Waals surface area contributed by atoms with Crippen molar-refractivity contribution in [2.24, 2.45) is 0 Å². The number of fused-ring (bicyclic) bond motifs is 1. The van der Waals surface area contributed by atoms with Crippen molar-refractivity contribution in [1.29, 1.82) is 0 Å². The van der Waals surface area contributed by atoms with Gasteiger partial charge in [-0.25, -0.2) is 4.79 Å². The zero-order chi connectivity index (χ0) is 10.1. The zero-order valence-electron chi connectivity index (χ0n) is 7.70. The van der Waals surface area contributed by atoms with Crippen LogP contribution in [0.25, 0.3) is 10.9 Å². The molecule has 2 aromatic rings. The van der Waals surface area contributed by atoms with Crippen LogP contribution in [0.1, 0.15) is 10.4 Å². The van der Waals surface area contributed by atoms with Crippen molar-refractivity contribution >= 4 is 22.6 Å². The average Bonchev–Trinajstić information content (AvgIpc) is 2.64. The Labute approximate surface area is 80.7 Å². The van der Waals surface area contributed by atoms with Gasteiger partial charge in [-0.2, -0.15) is 0 Å². The second kappa shape index (κ2) is 3.06. The van der Waals surface area contributed by atoms with Gasteiger partial charge in [-0.15, -0.1) is 0 Å². The van der Waals surface area contributed by atoms with Crippen molar-refractivity contribution in [3.63, 3.8) is 0 Å². The molecule has 0 fully saturated rings. The quantitative estimate of drug-likeness (QED) is 0.529. The Hall–Kier alpha value is -1.97. The molecule has 2 rings (SSSR count). The number of carbonyl (C=O) groups excluding carboxylic acids is 1. The lowest BCUT2D eigenvalue weighted by atomic mass is 10.1. The first-order valence-corrected chi connectivity index (χ1v) is 4.18. The number of anilines is 1. The lowest BCUT2D eigenvalue weighted by molar-refractivity contribution is 0.0604. The number of aromatic nitrogens is 1. The summed E-state index contributed by atoms with van der Waals surface area (Å²) in [5.74, 6) is -0.410. The number of H-pyrrole nitrogens is 1. The lowest BCUT2D eigenvalue weighted by Gasteiger charge is -2.04. The summed E-state index contributed by atoms with van der Waals surface area (Å²) in [6.07, 6.45) is 1.76. The fourth-order valence-corrected chi connectivity index (χ4v) is 1.48. The summed E-state index contributed by atoms with van der Waals surface area (Å²) in [5.41, 5.74) is 7.44. The van der Waals surface area contributed by atoms with E-state index in [4.69, 9.17) is 5.73 Å². The van der Waals surface area contributed by atoms with Gasteiger partial charge in [0.1, 0.15) is 0 Å². The monoisotopic (exact) mass is 190 g/mol. The molecule has 1 aromatic heterocycles. The highest BCUT2D eigenvalue weighted by molar-refractivity contribution is 6.08. The molecule has 1 heterocycles. The van der Waals surface area contributed by atoms with Crippen molar-refractivity contribution in [2.75, 3.05) is 12.8 Å². The third kappa shape index (κ3) is 1.12. The molecule has 0 amide bonds. The minimum absolute atomic E-state index is 0.410. The summed E-state index contributed by atoms with van der Waals surface area (Å²) < 4.78 is 4.66. The summed E-state index contributed by atoms with van der Waals surface area (Å²) in [6, 6.07) is 5.32. The molecule has 0 saturated carbocycles. The lowest BCUT2D eigenvalue weighted by Crippen LogP contribution is -2.05. The smallest absolute Gasteiger partial charge is 0.340 e. The summed E-state index contributed by atoms with van der Waals surface area (Å²) in [4.78, 5) is 14.4. The Morgan fingerprint density at radius 3 is 2.93 bits per heavy atom. The van der Waals surface area contributed by atoms with Crippen molar-refractivity contribution in [3.8, 4) is 0 Å². The summed E-state index contributed by atoms with van der Waals surface area (Å²) in [7, 11) is 1.34. The molecule has 0 bridgehead atoms. The molecule has 4 nitrogen and oxygen atoms in total. The number of benzene rings is 1. The first-order chi connectivity index (χ1) is 6.74. The van der Waals surface area contributed by atoms with E-state index in [1.165, 1.54) is 7.11 Å². The number of carbonyl (C=O) groups is 1. The molecule has 0 saturated heterocycles. The SMILES string of the molecule is COC(=O)c1c(N)ccc2[nH]ccc12. The van der Waals surface area contributed by atoms with Gasteiger partial charge in [0, 0.05) is 22.8 Å². The second-order valence-corrected chi connectivity index (χ2v) is 2.96. The molecule has 0 atom stereocenters. The van der Waals surface area contributed by atoms with Crippen LogP contribution in [0.5, 0.6) is 0 Å². The predicted molar refractivity (Wildman–Crippen MR) is 54.1 cm³/mol. The molecule has 14 heavy (non-hydrogen) atoms. The van der Waals surface area contributed by atoms with Gasteiger partial charge < -0.3 is 15.5 Å². The fraction of sp³-hybridized carbons (Fsp3) is 0.100. The van der Waals surface area contributed by atoms with E-state index in [1.807, 2.05) is 6.07 Å². The maximum atomic E-state index is 11.4. The number of nitrogen functional groups attached to an aromatic ring is 1. The summed E-state index contributed by atoms with van der Waals surface area (Å²) >= 11 is 0. The molecule has 0 radical (unpaired) electrons. The third-order valence-electron chi connectivity index (χ3n) is 2.16. The Morgan fingerprint density at radius 1 is 1.43 bits per heavy atom. The van der Waals surface area contributed by atoms with Gasteiger partial charge in [0.2, 0.25) is 0 Å². The maximum absolute atomic E-state index is 11.4. The van der Waals surface area contributed by atoms with Gasteiger partial charge >= 0.3 is 5.97 Å². The van der Waals surface area contributed by atoms with E-state index in [0.29, 0.717) is 11.3 Å². The number of hydrogen-bond donors (Lipinski definition) is 2. The fourth-order valence-electron chi connectivity index (χ4n) is 1.48. The highest BCUT2D eigenvalue weighted by Crippen LogP contribution is 2.23. The van der Waals surface area contributed by atoms with E-state index >= 15 is 0 Å². The Morgan fingerprint density at radius 2 is 2.21 bits per heavy atom. The van der Waals surface area contributed by atoms with E-state index in [0.717, 1.165) is 10.9 Å². The number of methoxy groups -OCH3 is 1. The van der Waals surface area contributed by atoms with Crippen LogP contribution in [0.15, 0.2) is 24.4 Å². The largest absolute Gasteiger partial charge is 0.465 e. The molecular weight excluding hydrogens is 180 g/mol. The number of esters is 1. The second-order valence-electron chi connectivity index (χ2n) is 2.96. The number of aromatic amines is 1. The highest BCUT2D eigenvalue weighted by atomic mass is 16.5. The van der Waals surface area contributed by atoms with Crippen LogP contribution in [0.2, 0.25) is 0 Å². The van der Waals surface area contributed by atoms with Gasteiger partial charge in [-0.05, 0) is 18.2 Å². The number of rotatable bonds is 1. The minimum atomic E-state index is -0.410. The molecule has 0 unspecified atom stereocenters. The topological polar surface area (TPSA) is 68.1 Å². The maximum Gasteiger partial charge on any atom is 0.340 e. The molecular formula is C10H10N2O2. The van der Waals surface area contributed by atoms with Crippen LogP contribution in [0.3, 0.4) is 0 Å². The van der Waals surface area contributed by atoms with Gasteiger partial charge in [0.05, 0.1) is 12.7 Å². The molecule has 0 aliphatic carbocycles. The standard InChI is InChI=1S/C10H10N2O2/c1-14-10(13)9-6-4-5-12-8(6)3-2-7(9)11/h2-5,12H,11H2,1H3. The molecule has 0 aliphatic rings. The van der Waals surface area contributed by atoms with Crippen molar-refractivity contribution in [1.82, 2.24) is 4.98 Å². The molecule has 0 spiro atoms. The normalized spacial score (nSPS) is 10.4. The molecule has 0 aliphatic heterocycles. The van der Waals surface area contributed by atoms with Crippen LogP contribution >= 0.6 is 0 Å². The first-order valence-electron chi connectivity index (χ1n) is 4.18. The average molecular weight is 190 g/mol. The minimum Gasteiger partial charge on any atom is -0.465 e. The molecule has 72 valence electrons. The van der Waals surface area contributed by atoms with Crippen LogP contribution in [-0.2, 0) is 4.74 Å².